The molecule has 5 heteroatoms. The predicted molar refractivity (Wildman–Crippen MR) is 68.5 cm³/mol. The van der Waals surface area contributed by atoms with Crippen LogP contribution in [0.5, 0.6) is 0 Å². The first kappa shape index (κ1) is 12.3. The minimum Gasteiger partial charge on any atom is -0.348 e. The van der Waals surface area contributed by atoms with Crippen LogP contribution in [0, 0.1) is 0 Å². The Morgan fingerprint density at radius 3 is 2.67 bits per heavy atom. The average molecular weight is 244 g/mol. The largest absolute Gasteiger partial charge is 0.348 e. The summed E-state index contributed by atoms with van der Waals surface area (Å²) in [6, 6.07) is 8.53. The Morgan fingerprint density at radius 2 is 2.06 bits per heavy atom. The molecule has 0 radical (unpaired) electrons. The minimum absolute atomic E-state index is 0.119. The fourth-order valence-electron chi connectivity index (χ4n) is 1.70. The number of nitrogens with two attached hydrogens (primary N) is 1. The van der Waals surface area contributed by atoms with Gasteiger partial charge in [0.1, 0.15) is 6.04 Å². The van der Waals surface area contributed by atoms with Gasteiger partial charge in [-0.15, -0.1) is 0 Å². The lowest BCUT2D eigenvalue weighted by Crippen LogP contribution is -2.35. The number of nitrogens with one attached hydrogen (secondary N) is 2. The van der Waals surface area contributed by atoms with Crippen LogP contribution in [0.3, 0.4) is 0 Å². The Morgan fingerprint density at radius 1 is 1.33 bits per heavy atom. The zero-order chi connectivity index (χ0) is 13.0. The molecule has 0 saturated carbocycles. The molecule has 1 aromatic heterocycles. The molecule has 2 atom stereocenters. The number of benzene rings is 1. The summed E-state index contributed by atoms with van der Waals surface area (Å²) in [5, 5.41) is 9.41. The smallest absolute Gasteiger partial charge is 0.241 e. The van der Waals surface area contributed by atoms with Crippen LogP contribution in [0.15, 0.2) is 42.7 Å². The van der Waals surface area contributed by atoms with Crippen LogP contribution in [0.25, 0.3) is 0 Å². The lowest BCUT2D eigenvalue weighted by atomic mass is 10.1. The van der Waals surface area contributed by atoms with E-state index in [-0.39, 0.29) is 11.9 Å². The highest BCUT2D eigenvalue weighted by atomic mass is 16.2. The lowest BCUT2D eigenvalue weighted by Gasteiger charge is -2.16. The summed E-state index contributed by atoms with van der Waals surface area (Å²) in [6.07, 6.45) is 3.43. The number of aromatic amines is 1. The van der Waals surface area contributed by atoms with Crippen LogP contribution in [-0.4, -0.2) is 16.1 Å². The lowest BCUT2D eigenvalue weighted by molar-refractivity contribution is -0.123. The van der Waals surface area contributed by atoms with Crippen molar-refractivity contribution in [1.82, 2.24) is 15.5 Å². The molecule has 0 aliphatic carbocycles. The van der Waals surface area contributed by atoms with E-state index < -0.39 is 6.04 Å². The van der Waals surface area contributed by atoms with Gasteiger partial charge in [0.25, 0.3) is 0 Å². The molecule has 1 heterocycles. The molecule has 4 N–H and O–H groups in total. The van der Waals surface area contributed by atoms with Gasteiger partial charge in [-0.3, -0.25) is 9.89 Å². The van der Waals surface area contributed by atoms with Crippen molar-refractivity contribution in [2.75, 3.05) is 0 Å². The van der Waals surface area contributed by atoms with E-state index in [0.29, 0.717) is 0 Å². The van der Waals surface area contributed by atoms with Crippen LogP contribution < -0.4 is 11.1 Å². The molecule has 5 nitrogen and oxygen atoms in total. The summed E-state index contributed by atoms with van der Waals surface area (Å²) in [4.78, 5) is 12.0. The maximum Gasteiger partial charge on any atom is 0.241 e. The summed E-state index contributed by atoms with van der Waals surface area (Å²) in [5.41, 5.74) is 7.63. The van der Waals surface area contributed by atoms with Gasteiger partial charge in [-0.1, -0.05) is 30.3 Å². The molecule has 2 aromatic rings. The molecule has 2 rings (SSSR count). The van der Waals surface area contributed by atoms with E-state index in [2.05, 4.69) is 15.5 Å². The van der Waals surface area contributed by atoms with Gasteiger partial charge in [0.15, 0.2) is 0 Å². The van der Waals surface area contributed by atoms with E-state index >= 15 is 0 Å². The molecular formula is C13H16N4O. The quantitative estimate of drug-likeness (QED) is 0.757. The highest BCUT2D eigenvalue weighted by molar-refractivity contribution is 5.83. The third-order valence-corrected chi connectivity index (χ3v) is 2.82. The predicted octanol–water partition coefficient (Wildman–Crippen LogP) is 1.29. The van der Waals surface area contributed by atoms with Crippen LogP contribution in [0.1, 0.15) is 30.1 Å². The maximum atomic E-state index is 12.0. The standard InChI is InChI=1S/C13H16N4O/c1-9(11-7-15-16-8-11)17-13(18)12(14)10-5-3-2-4-6-10/h2-9,12H,14H2,1H3,(H,15,16)(H,17,18)/t9?,12-/m1/s1. The Bertz CT molecular complexity index is 495. The maximum absolute atomic E-state index is 12.0. The fraction of sp³-hybridized carbons (Fsp3) is 0.231. The van der Waals surface area contributed by atoms with Crippen LogP contribution in [-0.2, 0) is 4.79 Å². The monoisotopic (exact) mass is 244 g/mol. The van der Waals surface area contributed by atoms with Crippen molar-refractivity contribution in [1.29, 1.82) is 0 Å². The number of H-pyrrole nitrogens is 1. The molecule has 0 fully saturated rings. The molecule has 0 aliphatic heterocycles. The number of carbonyl (C=O) groups excluding carboxylic acids is 1. The summed E-state index contributed by atoms with van der Waals surface area (Å²) >= 11 is 0. The first-order valence-corrected chi connectivity index (χ1v) is 5.78. The Labute approximate surface area is 105 Å². The Kier molecular flexibility index (Phi) is 3.74. The molecule has 0 bridgehead atoms. The van der Waals surface area contributed by atoms with E-state index in [1.165, 1.54) is 0 Å². The van der Waals surface area contributed by atoms with Gasteiger partial charge >= 0.3 is 0 Å². The second kappa shape index (κ2) is 5.46. The van der Waals surface area contributed by atoms with Gasteiger partial charge in [-0.2, -0.15) is 5.10 Å². The van der Waals surface area contributed by atoms with Gasteiger partial charge in [-0.25, -0.2) is 0 Å². The molecule has 0 saturated heterocycles. The highest BCUT2D eigenvalue weighted by Gasteiger charge is 2.18. The molecule has 18 heavy (non-hydrogen) atoms. The number of amides is 1. The summed E-state index contributed by atoms with van der Waals surface area (Å²) < 4.78 is 0. The molecule has 0 aliphatic rings. The van der Waals surface area contributed by atoms with Gasteiger partial charge in [0.05, 0.1) is 12.2 Å². The topological polar surface area (TPSA) is 83.8 Å². The molecule has 1 aromatic carbocycles. The average Bonchev–Trinajstić information content (AvgIpc) is 2.92. The number of rotatable bonds is 4. The van der Waals surface area contributed by atoms with Crippen molar-refractivity contribution < 1.29 is 4.79 Å². The van der Waals surface area contributed by atoms with Crippen molar-refractivity contribution >= 4 is 5.91 Å². The number of carbonyl (C=O) groups is 1. The van der Waals surface area contributed by atoms with Crippen molar-refractivity contribution in [3.8, 4) is 0 Å². The van der Waals surface area contributed by atoms with Gasteiger partial charge in [0.2, 0.25) is 5.91 Å². The van der Waals surface area contributed by atoms with Gasteiger partial charge in [-0.05, 0) is 12.5 Å². The summed E-state index contributed by atoms with van der Waals surface area (Å²) in [7, 11) is 0. The normalized spacial score (nSPS) is 13.9. The minimum atomic E-state index is -0.652. The van der Waals surface area contributed by atoms with E-state index in [1.54, 1.807) is 12.4 Å². The second-order valence-corrected chi connectivity index (χ2v) is 4.15. The van der Waals surface area contributed by atoms with Crippen LogP contribution >= 0.6 is 0 Å². The van der Waals surface area contributed by atoms with Crippen molar-refractivity contribution in [2.45, 2.75) is 19.0 Å². The first-order valence-electron chi connectivity index (χ1n) is 5.78. The molecule has 1 amide bonds. The van der Waals surface area contributed by atoms with Crippen molar-refractivity contribution in [3.05, 3.63) is 53.9 Å². The van der Waals surface area contributed by atoms with Crippen LogP contribution in [0.2, 0.25) is 0 Å². The van der Waals surface area contributed by atoms with Crippen LogP contribution in [0.4, 0.5) is 0 Å². The Hall–Kier alpha value is -2.14. The molecule has 1 unspecified atom stereocenters. The van der Waals surface area contributed by atoms with E-state index in [1.807, 2.05) is 37.3 Å². The Balaban J connectivity index is 2.00. The molecule has 0 spiro atoms. The van der Waals surface area contributed by atoms with E-state index in [4.69, 9.17) is 5.73 Å². The van der Waals surface area contributed by atoms with Gasteiger partial charge in [0, 0.05) is 11.8 Å². The highest BCUT2D eigenvalue weighted by Crippen LogP contribution is 2.13. The third-order valence-electron chi connectivity index (χ3n) is 2.82. The summed E-state index contributed by atoms with van der Waals surface area (Å²) in [6.45, 7) is 1.89. The van der Waals surface area contributed by atoms with Crippen molar-refractivity contribution in [3.63, 3.8) is 0 Å². The number of hydrogen-bond acceptors (Lipinski definition) is 3. The van der Waals surface area contributed by atoms with Gasteiger partial charge < -0.3 is 11.1 Å². The second-order valence-electron chi connectivity index (χ2n) is 4.15. The number of nitrogens with zero attached hydrogens (tertiary/aromatic N) is 1. The zero-order valence-electron chi connectivity index (χ0n) is 10.1. The number of aromatic nitrogens is 2. The third kappa shape index (κ3) is 2.75. The zero-order valence-corrected chi connectivity index (χ0v) is 10.1. The van der Waals surface area contributed by atoms with Crippen molar-refractivity contribution in [2.24, 2.45) is 5.73 Å². The first-order chi connectivity index (χ1) is 8.68. The van der Waals surface area contributed by atoms with E-state index in [9.17, 15) is 4.79 Å². The summed E-state index contributed by atoms with van der Waals surface area (Å²) in [5.74, 6) is -0.199. The molecular weight excluding hydrogens is 228 g/mol. The molecule has 94 valence electrons. The SMILES string of the molecule is CC(NC(=O)[C@H](N)c1ccccc1)c1cn[nH]c1. The fourth-order valence-corrected chi connectivity index (χ4v) is 1.70. The van der Waals surface area contributed by atoms with E-state index in [0.717, 1.165) is 11.1 Å². The number of hydrogen-bond donors (Lipinski definition) is 3.